The summed E-state index contributed by atoms with van der Waals surface area (Å²) in [5.41, 5.74) is 2.51. The number of allylic oxidation sites excluding steroid dienone is 2. The summed E-state index contributed by atoms with van der Waals surface area (Å²) >= 11 is 0. The molecule has 0 amide bonds. The zero-order valence-corrected chi connectivity index (χ0v) is 15.2. The number of carbonyl (C=O) groups is 1. The summed E-state index contributed by atoms with van der Waals surface area (Å²) in [4.78, 5) is 11.7. The standard InChI is InChI=1S/C19H24O8/c1-9(2)3-4-10-11-7-15(21)25-13(11)6-5-12(10)26-19-18(24)17(23)16(22)14(8-20)27-19/h3,5-6,14,16-20,22-24H,4,7-8H2,1-2H3. The highest BCUT2D eigenvalue weighted by atomic mass is 16.7. The van der Waals surface area contributed by atoms with Gasteiger partial charge >= 0.3 is 5.97 Å². The van der Waals surface area contributed by atoms with Crippen molar-refractivity contribution in [2.24, 2.45) is 0 Å². The molecule has 148 valence electrons. The number of rotatable bonds is 5. The van der Waals surface area contributed by atoms with E-state index in [0.717, 1.165) is 11.1 Å². The van der Waals surface area contributed by atoms with Gasteiger partial charge in [-0.05, 0) is 32.4 Å². The Morgan fingerprint density at radius 2 is 1.96 bits per heavy atom. The van der Waals surface area contributed by atoms with Crippen molar-refractivity contribution >= 4 is 5.97 Å². The SMILES string of the molecule is CC(C)=CCc1c(OC2OC(CO)C(O)C(O)C2O)ccc2c1CC(=O)O2. The molecule has 0 aromatic heterocycles. The van der Waals surface area contributed by atoms with Crippen LogP contribution in [0.3, 0.4) is 0 Å². The summed E-state index contributed by atoms with van der Waals surface area (Å²) in [5.74, 6) is 0.487. The lowest BCUT2D eigenvalue weighted by atomic mass is 9.98. The molecule has 8 nitrogen and oxygen atoms in total. The molecular formula is C19H24O8. The molecule has 0 saturated carbocycles. The molecule has 1 saturated heterocycles. The number of aliphatic hydroxyl groups is 4. The number of esters is 1. The normalized spacial score (nSPS) is 29.9. The number of hydrogen-bond acceptors (Lipinski definition) is 8. The van der Waals surface area contributed by atoms with Crippen molar-refractivity contribution in [1.29, 1.82) is 0 Å². The first-order valence-corrected chi connectivity index (χ1v) is 8.77. The molecule has 8 heteroatoms. The third kappa shape index (κ3) is 3.99. The summed E-state index contributed by atoms with van der Waals surface area (Å²) in [6, 6.07) is 3.21. The second-order valence-electron chi connectivity index (χ2n) is 6.97. The lowest BCUT2D eigenvalue weighted by molar-refractivity contribution is -0.277. The van der Waals surface area contributed by atoms with Gasteiger partial charge in [0, 0.05) is 11.1 Å². The Morgan fingerprint density at radius 1 is 1.22 bits per heavy atom. The highest BCUT2D eigenvalue weighted by Crippen LogP contribution is 2.37. The third-order valence-electron chi connectivity index (χ3n) is 4.70. The van der Waals surface area contributed by atoms with Crippen molar-refractivity contribution < 1.29 is 39.4 Å². The molecule has 0 bridgehead atoms. The maximum Gasteiger partial charge on any atom is 0.315 e. The molecular weight excluding hydrogens is 356 g/mol. The third-order valence-corrected chi connectivity index (χ3v) is 4.70. The minimum atomic E-state index is -1.53. The molecule has 4 N–H and O–H groups in total. The Kier molecular flexibility index (Phi) is 5.83. The molecule has 27 heavy (non-hydrogen) atoms. The van der Waals surface area contributed by atoms with E-state index >= 15 is 0 Å². The first-order valence-electron chi connectivity index (χ1n) is 8.77. The fourth-order valence-electron chi connectivity index (χ4n) is 3.17. The van der Waals surface area contributed by atoms with Crippen molar-refractivity contribution in [3.8, 4) is 11.5 Å². The number of aliphatic hydroxyl groups excluding tert-OH is 4. The zero-order valence-electron chi connectivity index (χ0n) is 15.2. The minimum absolute atomic E-state index is 0.118. The second kappa shape index (κ2) is 7.95. The van der Waals surface area contributed by atoms with Gasteiger partial charge in [-0.15, -0.1) is 0 Å². The molecule has 0 radical (unpaired) electrons. The van der Waals surface area contributed by atoms with Gasteiger partial charge in [0.15, 0.2) is 0 Å². The van der Waals surface area contributed by atoms with Crippen molar-refractivity contribution in [2.75, 3.05) is 6.61 Å². The Hall–Kier alpha value is -1.97. The molecule has 2 aliphatic heterocycles. The summed E-state index contributed by atoms with van der Waals surface area (Å²) < 4.78 is 16.4. The first kappa shape index (κ1) is 19.8. The van der Waals surface area contributed by atoms with Crippen LogP contribution in [0.5, 0.6) is 11.5 Å². The van der Waals surface area contributed by atoms with E-state index in [2.05, 4.69) is 0 Å². The summed E-state index contributed by atoms with van der Waals surface area (Å²) in [7, 11) is 0. The number of benzene rings is 1. The van der Waals surface area contributed by atoms with Gasteiger partial charge in [0.05, 0.1) is 13.0 Å². The van der Waals surface area contributed by atoms with E-state index in [1.54, 1.807) is 12.1 Å². The average Bonchev–Trinajstić information content (AvgIpc) is 3.01. The Bertz CT molecular complexity index is 737. The number of hydrogen-bond donors (Lipinski definition) is 4. The van der Waals surface area contributed by atoms with Crippen LogP contribution in [0.15, 0.2) is 23.8 Å². The van der Waals surface area contributed by atoms with Gasteiger partial charge in [-0.2, -0.15) is 0 Å². The van der Waals surface area contributed by atoms with Crippen LogP contribution in [0.4, 0.5) is 0 Å². The van der Waals surface area contributed by atoms with Gasteiger partial charge < -0.3 is 34.6 Å². The predicted octanol–water partition coefficient (Wildman–Crippen LogP) is -0.165. The largest absolute Gasteiger partial charge is 0.462 e. The molecule has 0 aliphatic carbocycles. The van der Waals surface area contributed by atoms with E-state index in [4.69, 9.17) is 14.2 Å². The summed E-state index contributed by atoms with van der Waals surface area (Å²) in [5, 5.41) is 39.3. The molecule has 5 unspecified atom stereocenters. The summed E-state index contributed by atoms with van der Waals surface area (Å²) in [6.07, 6.45) is -4.27. The van der Waals surface area contributed by atoms with E-state index in [1.807, 2.05) is 19.9 Å². The quantitative estimate of drug-likeness (QED) is 0.315. The van der Waals surface area contributed by atoms with E-state index in [0.29, 0.717) is 23.5 Å². The van der Waals surface area contributed by atoms with Crippen LogP contribution >= 0.6 is 0 Å². The molecule has 2 aliphatic rings. The van der Waals surface area contributed by atoms with E-state index in [-0.39, 0.29) is 12.4 Å². The topological polar surface area (TPSA) is 126 Å². The summed E-state index contributed by atoms with van der Waals surface area (Å²) in [6.45, 7) is 3.36. The van der Waals surface area contributed by atoms with Gasteiger partial charge in [0.25, 0.3) is 0 Å². The monoisotopic (exact) mass is 380 g/mol. The van der Waals surface area contributed by atoms with Gasteiger partial charge in [-0.25, -0.2) is 0 Å². The molecule has 1 aromatic rings. The Morgan fingerprint density at radius 3 is 2.63 bits per heavy atom. The van der Waals surface area contributed by atoms with E-state index < -0.39 is 37.3 Å². The molecule has 3 rings (SSSR count). The highest BCUT2D eigenvalue weighted by molar-refractivity contribution is 5.82. The average molecular weight is 380 g/mol. The van der Waals surface area contributed by atoms with Crippen LogP contribution in [0, 0.1) is 0 Å². The van der Waals surface area contributed by atoms with Crippen molar-refractivity contribution in [2.45, 2.75) is 57.4 Å². The molecule has 0 spiro atoms. The van der Waals surface area contributed by atoms with Gasteiger partial charge in [0.1, 0.15) is 35.9 Å². The number of ether oxygens (including phenoxy) is 3. The van der Waals surface area contributed by atoms with Crippen LogP contribution in [-0.2, 0) is 22.4 Å². The van der Waals surface area contributed by atoms with Crippen LogP contribution in [-0.4, -0.2) is 63.7 Å². The van der Waals surface area contributed by atoms with E-state index in [1.165, 1.54) is 0 Å². The first-order chi connectivity index (χ1) is 12.8. The van der Waals surface area contributed by atoms with Crippen LogP contribution in [0.2, 0.25) is 0 Å². The second-order valence-corrected chi connectivity index (χ2v) is 6.97. The molecule has 2 heterocycles. The highest BCUT2D eigenvalue weighted by Gasteiger charge is 2.45. The zero-order chi connectivity index (χ0) is 19.7. The van der Waals surface area contributed by atoms with E-state index in [9.17, 15) is 25.2 Å². The Balaban J connectivity index is 1.91. The van der Waals surface area contributed by atoms with Crippen molar-refractivity contribution in [3.63, 3.8) is 0 Å². The number of fused-ring (bicyclic) bond motifs is 1. The van der Waals surface area contributed by atoms with Gasteiger partial charge in [-0.1, -0.05) is 11.6 Å². The maximum atomic E-state index is 11.7. The lowest BCUT2D eigenvalue weighted by Gasteiger charge is -2.39. The fraction of sp³-hybridized carbons (Fsp3) is 0.526. The van der Waals surface area contributed by atoms with Crippen LogP contribution < -0.4 is 9.47 Å². The lowest BCUT2D eigenvalue weighted by Crippen LogP contribution is -2.60. The van der Waals surface area contributed by atoms with Gasteiger partial charge in [-0.3, -0.25) is 4.79 Å². The van der Waals surface area contributed by atoms with Crippen molar-refractivity contribution in [3.05, 3.63) is 34.9 Å². The fourth-order valence-corrected chi connectivity index (χ4v) is 3.17. The van der Waals surface area contributed by atoms with Gasteiger partial charge in [0.2, 0.25) is 6.29 Å². The smallest absolute Gasteiger partial charge is 0.315 e. The minimum Gasteiger partial charge on any atom is -0.462 e. The molecule has 5 atom stereocenters. The molecule has 1 fully saturated rings. The molecule has 1 aromatic carbocycles. The van der Waals surface area contributed by atoms with Crippen LogP contribution in [0.25, 0.3) is 0 Å². The predicted molar refractivity (Wildman–Crippen MR) is 93.3 cm³/mol. The Labute approximate surface area is 156 Å². The van der Waals surface area contributed by atoms with Crippen LogP contribution in [0.1, 0.15) is 25.0 Å². The maximum absolute atomic E-state index is 11.7. The number of carbonyl (C=O) groups excluding carboxylic acids is 1. The van der Waals surface area contributed by atoms with Crippen molar-refractivity contribution in [1.82, 2.24) is 0 Å².